The van der Waals surface area contributed by atoms with Crippen molar-refractivity contribution < 1.29 is 31.9 Å². The Labute approximate surface area is 105 Å². The van der Waals surface area contributed by atoms with Crippen LogP contribution in [0.5, 0.6) is 0 Å². The lowest BCUT2D eigenvalue weighted by atomic mass is 10.1. The number of carboxylic acids is 1. The second-order valence-electron chi connectivity index (χ2n) is 3.77. The van der Waals surface area contributed by atoms with Crippen molar-refractivity contribution >= 4 is 11.7 Å². The fraction of sp³-hybridized carbons (Fsp3) is 0.364. The lowest BCUT2D eigenvalue weighted by Crippen LogP contribution is -2.23. The predicted molar refractivity (Wildman–Crippen MR) is 56.1 cm³/mol. The van der Waals surface area contributed by atoms with E-state index in [0.29, 0.717) is 0 Å². The van der Waals surface area contributed by atoms with E-state index in [2.05, 4.69) is 0 Å². The number of aliphatic carboxylic acids is 1. The van der Waals surface area contributed by atoms with E-state index in [0.717, 1.165) is 0 Å². The Hall–Kier alpha value is -1.86. The van der Waals surface area contributed by atoms with Gasteiger partial charge in [0, 0.05) is 6.54 Å². The molecule has 8 heteroatoms. The Morgan fingerprint density at radius 2 is 1.47 bits per heavy atom. The number of anilines is 1. The number of nitrogens with one attached hydrogen (secondary N) is 1. The molecule has 1 rings (SSSR count). The molecule has 0 heterocycles. The smallest absolute Gasteiger partial charge is 0.308 e. The third-order valence-corrected chi connectivity index (χ3v) is 2.58. The minimum absolute atomic E-state index is 0.137. The summed E-state index contributed by atoms with van der Waals surface area (Å²) in [6, 6.07) is 0. The third kappa shape index (κ3) is 2.94. The van der Waals surface area contributed by atoms with E-state index in [4.69, 9.17) is 5.11 Å². The standard InChI is InChI=1S/C11H10F5NO2/c1-2-4(11(18)19)3-17-10-8(15)6(13)5(12)7(14)9(10)16/h4,17H,2-3H2,1H3,(H,18,19). The van der Waals surface area contributed by atoms with Gasteiger partial charge >= 0.3 is 5.97 Å². The number of halogens is 5. The Morgan fingerprint density at radius 1 is 1.05 bits per heavy atom. The first-order valence-corrected chi connectivity index (χ1v) is 5.29. The molecule has 0 saturated carbocycles. The van der Waals surface area contributed by atoms with Crippen LogP contribution in [0.1, 0.15) is 13.3 Å². The molecule has 1 unspecified atom stereocenters. The minimum Gasteiger partial charge on any atom is -0.481 e. The predicted octanol–water partition coefficient (Wildman–Crippen LogP) is 2.90. The molecule has 0 amide bonds. The molecular formula is C11H10F5NO2. The Morgan fingerprint density at radius 3 is 1.84 bits per heavy atom. The second kappa shape index (κ2) is 5.85. The van der Waals surface area contributed by atoms with E-state index in [9.17, 15) is 26.7 Å². The normalized spacial score (nSPS) is 12.3. The topological polar surface area (TPSA) is 49.3 Å². The van der Waals surface area contributed by atoms with E-state index in [1.807, 2.05) is 5.32 Å². The molecule has 0 aliphatic carbocycles. The maximum atomic E-state index is 13.2. The van der Waals surface area contributed by atoms with Crippen molar-refractivity contribution in [3.63, 3.8) is 0 Å². The second-order valence-corrected chi connectivity index (χ2v) is 3.77. The van der Waals surface area contributed by atoms with E-state index >= 15 is 0 Å². The van der Waals surface area contributed by atoms with Gasteiger partial charge < -0.3 is 10.4 Å². The van der Waals surface area contributed by atoms with E-state index in [-0.39, 0.29) is 6.42 Å². The highest BCUT2D eigenvalue weighted by atomic mass is 19.2. The minimum atomic E-state index is -2.26. The maximum Gasteiger partial charge on any atom is 0.308 e. The van der Waals surface area contributed by atoms with Crippen molar-refractivity contribution in [2.24, 2.45) is 5.92 Å². The van der Waals surface area contributed by atoms with Gasteiger partial charge in [-0.05, 0) is 6.42 Å². The zero-order chi connectivity index (χ0) is 14.7. The molecule has 2 N–H and O–H groups in total. The average Bonchev–Trinajstić information content (AvgIpc) is 2.38. The zero-order valence-corrected chi connectivity index (χ0v) is 9.74. The molecule has 0 radical (unpaired) electrons. The molecule has 0 spiro atoms. The Bertz CT molecular complexity index is 477. The van der Waals surface area contributed by atoms with Gasteiger partial charge in [-0.2, -0.15) is 0 Å². The van der Waals surface area contributed by atoms with Crippen LogP contribution in [-0.2, 0) is 4.79 Å². The summed E-state index contributed by atoms with van der Waals surface area (Å²) in [7, 11) is 0. The number of benzene rings is 1. The van der Waals surface area contributed by atoms with Crippen LogP contribution in [-0.4, -0.2) is 17.6 Å². The molecule has 0 aliphatic rings. The number of carboxylic acid groups (broad SMARTS) is 1. The third-order valence-electron chi connectivity index (χ3n) is 2.58. The largest absolute Gasteiger partial charge is 0.481 e. The first-order valence-electron chi connectivity index (χ1n) is 5.29. The van der Waals surface area contributed by atoms with Gasteiger partial charge in [-0.3, -0.25) is 4.79 Å². The van der Waals surface area contributed by atoms with Crippen molar-refractivity contribution in [1.29, 1.82) is 0 Å². The molecule has 3 nitrogen and oxygen atoms in total. The number of rotatable bonds is 5. The van der Waals surface area contributed by atoms with Gasteiger partial charge in [0.1, 0.15) is 5.69 Å². The molecular weight excluding hydrogens is 273 g/mol. The van der Waals surface area contributed by atoms with Gasteiger partial charge in [-0.15, -0.1) is 0 Å². The molecule has 0 aliphatic heterocycles. The van der Waals surface area contributed by atoms with Crippen molar-refractivity contribution in [2.75, 3.05) is 11.9 Å². The van der Waals surface area contributed by atoms with Crippen LogP contribution < -0.4 is 5.32 Å². The zero-order valence-electron chi connectivity index (χ0n) is 9.74. The van der Waals surface area contributed by atoms with Crippen molar-refractivity contribution in [1.82, 2.24) is 0 Å². The summed E-state index contributed by atoms with van der Waals surface area (Å²) < 4.78 is 64.9. The van der Waals surface area contributed by atoms with Gasteiger partial charge in [-0.25, -0.2) is 22.0 Å². The highest BCUT2D eigenvalue weighted by Gasteiger charge is 2.26. The molecule has 19 heavy (non-hydrogen) atoms. The van der Waals surface area contributed by atoms with Crippen LogP contribution in [0.15, 0.2) is 0 Å². The monoisotopic (exact) mass is 283 g/mol. The summed E-state index contributed by atoms with van der Waals surface area (Å²) >= 11 is 0. The van der Waals surface area contributed by atoms with Crippen LogP contribution in [0.4, 0.5) is 27.6 Å². The van der Waals surface area contributed by atoms with Gasteiger partial charge in [0.15, 0.2) is 23.3 Å². The number of hydrogen-bond donors (Lipinski definition) is 2. The van der Waals surface area contributed by atoms with Gasteiger partial charge in [0.05, 0.1) is 5.92 Å². The molecule has 1 aromatic carbocycles. The summed E-state index contributed by atoms with van der Waals surface area (Å²) in [4.78, 5) is 10.7. The fourth-order valence-electron chi connectivity index (χ4n) is 1.39. The molecule has 0 saturated heterocycles. The van der Waals surface area contributed by atoms with E-state index < -0.39 is 53.2 Å². The maximum absolute atomic E-state index is 13.2. The van der Waals surface area contributed by atoms with Gasteiger partial charge in [0.2, 0.25) is 5.82 Å². The lowest BCUT2D eigenvalue weighted by Gasteiger charge is -2.14. The molecule has 106 valence electrons. The Balaban J connectivity index is 3.05. The fourth-order valence-corrected chi connectivity index (χ4v) is 1.39. The van der Waals surface area contributed by atoms with Crippen molar-refractivity contribution in [3.8, 4) is 0 Å². The highest BCUT2D eigenvalue weighted by molar-refractivity contribution is 5.70. The first kappa shape index (κ1) is 15.2. The van der Waals surface area contributed by atoms with Crippen molar-refractivity contribution in [2.45, 2.75) is 13.3 Å². The summed E-state index contributed by atoms with van der Waals surface area (Å²) in [5.41, 5.74) is -1.23. The van der Waals surface area contributed by atoms with Crippen molar-refractivity contribution in [3.05, 3.63) is 29.1 Å². The molecule has 0 aromatic heterocycles. The van der Waals surface area contributed by atoms with E-state index in [1.165, 1.54) is 6.92 Å². The summed E-state index contributed by atoms with van der Waals surface area (Å²) in [6.07, 6.45) is 0.137. The summed E-state index contributed by atoms with van der Waals surface area (Å²) in [5.74, 6) is -12.7. The quantitative estimate of drug-likeness (QED) is 0.496. The average molecular weight is 283 g/mol. The van der Waals surface area contributed by atoms with Crippen LogP contribution in [0.25, 0.3) is 0 Å². The molecule has 1 aromatic rings. The Kier molecular flexibility index (Phi) is 4.68. The van der Waals surface area contributed by atoms with Gasteiger partial charge in [-0.1, -0.05) is 6.92 Å². The number of hydrogen-bond acceptors (Lipinski definition) is 2. The SMILES string of the molecule is CCC(CNc1c(F)c(F)c(F)c(F)c1F)C(=O)O. The van der Waals surface area contributed by atoms with Crippen LogP contribution in [0.2, 0.25) is 0 Å². The van der Waals surface area contributed by atoms with Crippen LogP contribution in [0, 0.1) is 35.0 Å². The summed E-state index contributed by atoms with van der Waals surface area (Å²) in [6.45, 7) is 1.06. The first-order chi connectivity index (χ1) is 8.81. The molecule has 0 bridgehead atoms. The molecule has 0 fully saturated rings. The van der Waals surface area contributed by atoms with E-state index in [1.54, 1.807) is 0 Å². The highest BCUT2D eigenvalue weighted by Crippen LogP contribution is 2.27. The van der Waals surface area contributed by atoms with Crippen LogP contribution in [0.3, 0.4) is 0 Å². The van der Waals surface area contributed by atoms with Crippen LogP contribution >= 0.6 is 0 Å². The lowest BCUT2D eigenvalue weighted by molar-refractivity contribution is -0.141. The molecule has 1 atom stereocenters. The number of carbonyl (C=O) groups is 1. The van der Waals surface area contributed by atoms with Gasteiger partial charge in [0.25, 0.3) is 0 Å². The summed E-state index contributed by atoms with van der Waals surface area (Å²) in [5, 5.41) is 10.7.